The molecule has 0 aromatic carbocycles. The first-order valence-corrected chi connectivity index (χ1v) is 3.16. The van der Waals surface area contributed by atoms with Crippen LogP contribution in [0.2, 0.25) is 0 Å². The number of aromatic amines is 1. The van der Waals surface area contributed by atoms with E-state index in [0.29, 0.717) is 0 Å². The zero-order chi connectivity index (χ0) is 8.27. The van der Waals surface area contributed by atoms with E-state index in [9.17, 15) is 4.79 Å². The van der Waals surface area contributed by atoms with E-state index in [1.165, 1.54) is 6.33 Å². The minimum Gasteiger partial charge on any atom is -0.480 e. The molecule has 6 N–H and O–H groups in total. The van der Waals surface area contributed by atoms with Gasteiger partial charge in [-0.15, -0.1) is 12.4 Å². The molecular formula is C6H12ClN3O3. The number of nitrogens with two attached hydrogens (primary N) is 1. The quantitative estimate of drug-likeness (QED) is 0.443. The summed E-state index contributed by atoms with van der Waals surface area (Å²) >= 11 is 0. The van der Waals surface area contributed by atoms with Gasteiger partial charge in [0, 0.05) is 18.3 Å². The van der Waals surface area contributed by atoms with Crippen molar-refractivity contribution < 1.29 is 15.4 Å². The van der Waals surface area contributed by atoms with E-state index < -0.39 is 12.0 Å². The van der Waals surface area contributed by atoms with Gasteiger partial charge in [0.1, 0.15) is 6.04 Å². The third-order valence-electron chi connectivity index (χ3n) is 1.31. The van der Waals surface area contributed by atoms with Crippen molar-refractivity contribution in [2.24, 2.45) is 5.73 Å². The van der Waals surface area contributed by atoms with E-state index >= 15 is 0 Å². The summed E-state index contributed by atoms with van der Waals surface area (Å²) in [5, 5.41) is 8.42. The number of imidazole rings is 1. The molecule has 0 aliphatic rings. The number of aliphatic carboxylic acids is 1. The van der Waals surface area contributed by atoms with E-state index in [1.54, 1.807) is 6.20 Å². The normalized spacial score (nSPS) is 10.8. The predicted molar refractivity (Wildman–Crippen MR) is 48.8 cm³/mol. The number of hydrogen-bond acceptors (Lipinski definition) is 3. The standard InChI is InChI=1S/C6H9N3O2.ClH.H2O/c7-5(6(10)11)1-4-2-8-3-9-4;;/h2-3,5H,1,7H2,(H,8,9)(H,10,11);1H;1H2/t5-;;/m0../s1/i1+1,2+1,3+1,4+1,5+1,6+1,7+1,8+1,9+1;;. The van der Waals surface area contributed by atoms with Crippen LogP contribution in [-0.4, -0.2) is 32.6 Å². The SMILES string of the molecule is Cl.O.[15NH2][13C@@H]([13CH2][13c]1[13cH][15n][13cH][15nH]1)[13C](=O)O. The number of H-pyrrole nitrogens is 1. The van der Waals surface area contributed by atoms with Crippen LogP contribution in [0.1, 0.15) is 5.69 Å². The highest BCUT2D eigenvalue weighted by Crippen LogP contribution is 1.95. The van der Waals surface area contributed by atoms with Gasteiger partial charge in [-0.2, -0.15) is 0 Å². The molecular weight excluding hydrogens is 206 g/mol. The van der Waals surface area contributed by atoms with E-state index in [0.717, 1.165) is 5.69 Å². The molecule has 1 heterocycles. The summed E-state index contributed by atoms with van der Waals surface area (Å²) in [6.45, 7) is 0. The Hall–Kier alpha value is -1.11. The lowest BCUT2D eigenvalue weighted by atomic mass is 11.2. The molecule has 1 atom stereocenters. The molecule has 0 amide bonds. The number of carbonyl (C=O) groups is 1. The smallest absolute Gasteiger partial charge is 0.320 e. The van der Waals surface area contributed by atoms with Gasteiger partial charge < -0.3 is 21.3 Å². The Balaban J connectivity index is 0. The number of nitrogens with zero attached hydrogens (tertiary/aromatic N) is 1. The summed E-state index contributed by atoms with van der Waals surface area (Å²) in [6, 6.07) is -0.851. The van der Waals surface area contributed by atoms with Crippen molar-refractivity contribution in [1.29, 1.82) is 0 Å². The summed E-state index contributed by atoms with van der Waals surface area (Å²) in [5.74, 6) is -1.00. The lowest BCUT2D eigenvalue weighted by molar-refractivity contribution is -0.138. The highest BCUT2D eigenvalue weighted by atomic mass is 35.5. The van der Waals surface area contributed by atoms with Crippen molar-refractivity contribution in [3.05, 3.63) is 18.2 Å². The number of carboxylic acids is 1. The Bertz CT molecular complexity index is 239. The van der Waals surface area contributed by atoms with E-state index in [1.807, 2.05) is 0 Å². The monoisotopic (exact) mass is 218 g/mol. The highest BCUT2D eigenvalue weighted by molar-refractivity contribution is 5.85. The molecule has 0 radical (unpaired) electrons. The maximum absolute atomic E-state index is 10.3. The maximum atomic E-state index is 10.3. The second-order valence-corrected chi connectivity index (χ2v) is 2.23. The molecule has 1 aromatic rings. The largest absolute Gasteiger partial charge is 0.480 e. The third-order valence-corrected chi connectivity index (χ3v) is 1.31. The van der Waals surface area contributed by atoms with Crippen molar-refractivity contribution in [2.45, 2.75) is 12.5 Å². The summed E-state index contributed by atoms with van der Waals surface area (Å²) in [4.78, 5) is 16.8. The summed E-state index contributed by atoms with van der Waals surface area (Å²) in [6.07, 6.45) is 3.34. The second-order valence-electron chi connectivity index (χ2n) is 2.23. The Kier molecular flexibility index (Phi) is 7.11. The molecule has 0 fully saturated rings. The molecule has 6 nitrogen and oxygen atoms in total. The molecule has 7 heteroatoms. The van der Waals surface area contributed by atoms with Crippen LogP contribution in [0.15, 0.2) is 12.5 Å². The zero-order valence-electron chi connectivity index (χ0n) is 6.73. The third kappa shape index (κ3) is 4.46. The van der Waals surface area contributed by atoms with Crippen LogP contribution in [0.3, 0.4) is 0 Å². The Morgan fingerprint density at radius 1 is 1.77 bits per heavy atom. The highest BCUT2D eigenvalue weighted by Gasteiger charge is 2.11. The van der Waals surface area contributed by atoms with E-state index in [-0.39, 0.29) is 24.3 Å². The first-order valence-electron chi connectivity index (χ1n) is 3.16. The molecule has 13 heavy (non-hydrogen) atoms. The fourth-order valence-corrected chi connectivity index (χ4v) is 0.721. The number of halogens is 1. The number of aromatic nitrogens is 2. The molecule has 0 bridgehead atoms. The molecule has 1 rings (SSSR count). The number of rotatable bonds is 3. The predicted octanol–water partition coefficient (Wildman–Crippen LogP) is -1.04. The van der Waals surface area contributed by atoms with Crippen molar-refractivity contribution >= 4 is 18.4 Å². The van der Waals surface area contributed by atoms with Crippen molar-refractivity contribution in [3.8, 4) is 0 Å². The average Bonchev–Trinajstić information content (AvgIpc) is 2.39. The van der Waals surface area contributed by atoms with Gasteiger partial charge in [0.25, 0.3) is 0 Å². The Morgan fingerprint density at radius 2 is 2.38 bits per heavy atom. The average molecular weight is 219 g/mol. The van der Waals surface area contributed by atoms with Gasteiger partial charge in [-0.05, 0) is 0 Å². The van der Waals surface area contributed by atoms with Crippen LogP contribution in [0.5, 0.6) is 0 Å². The molecule has 0 saturated carbocycles. The topological polar surface area (TPSA) is 123 Å². The fourth-order valence-electron chi connectivity index (χ4n) is 0.721. The van der Waals surface area contributed by atoms with Gasteiger partial charge in [0.05, 0.1) is 6.33 Å². The van der Waals surface area contributed by atoms with Crippen LogP contribution >= 0.6 is 12.4 Å². The number of hydrogen-bond donors (Lipinski definition) is 3. The van der Waals surface area contributed by atoms with Crippen LogP contribution in [-0.2, 0) is 11.2 Å². The Labute approximate surface area is 80.9 Å². The number of carboxylic acid groups (broad SMARTS) is 1. The van der Waals surface area contributed by atoms with Crippen LogP contribution < -0.4 is 5.73 Å². The van der Waals surface area contributed by atoms with Crippen molar-refractivity contribution in [2.75, 3.05) is 0 Å². The first-order chi connectivity index (χ1) is 5.20. The van der Waals surface area contributed by atoms with Gasteiger partial charge in [0.2, 0.25) is 0 Å². The lowest BCUT2D eigenvalue weighted by Gasteiger charge is -2.02. The van der Waals surface area contributed by atoms with Crippen LogP contribution in [0.25, 0.3) is 0 Å². The summed E-state index contributed by atoms with van der Waals surface area (Å²) < 4.78 is 0. The molecule has 0 saturated heterocycles. The second kappa shape index (κ2) is 6.41. The van der Waals surface area contributed by atoms with E-state index in [4.69, 9.17) is 10.8 Å². The van der Waals surface area contributed by atoms with Gasteiger partial charge in [0.15, 0.2) is 0 Å². The van der Waals surface area contributed by atoms with Crippen molar-refractivity contribution in [1.82, 2.24) is 9.97 Å². The Morgan fingerprint density at radius 3 is 2.77 bits per heavy atom. The molecule has 0 spiro atoms. The zero-order valence-corrected chi connectivity index (χ0v) is 7.54. The first kappa shape index (κ1) is 14.4. The van der Waals surface area contributed by atoms with Gasteiger partial charge in [-0.1, -0.05) is 0 Å². The van der Waals surface area contributed by atoms with Gasteiger partial charge in [-0.3, -0.25) is 4.79 Å². The van der Waals surface area contributed by atoms with E-state index in [2.05, 4.69) is 9.97 Å². The van der Waals surface area contributed by atoms with Crippen LogP contribution in [0.4, 0.5) is 0 Å². The molecule has 0 unspecified atom stereocenters. The lowest BCUT2D eigenvalue weighted by Crippen LogP contribution is -2.32. The minimum absolute atomic E-state index is 0. The maximum Gasteiger partial charge on any atom is 0.320 e. The number of nitrogens with one attached hydrogen (secondary N) is 1. The molecule has 1 aromatic heterocycles. The van der Waals surface area contributed by atoms with Gasteiger partial charge >= 0.3 is 5.97 Å². The molecule has 76 valence electrons. The summed E-state index contributed by atoms with van der Waals surface area (Å²) in [5.41, 5.74) is 6.00. The summed E-state index contributed by atoms with van der Waals surface area (Å²) in [7, 11) is 0. The minimum atomic E-state index is -1.00. The van der Waals surface area contributed by atoms with Crippen LogP contribution in [0, 0.1) is 0 Å². The van der Waals surface area contributed by atoms with Gasteiger partial charge in [-0.25, -0.2) is 4.98 Å². The molecule has 0 aliphatic carbocycles. The molecule has 0 aliphatic heterocycles. The fraction of sp³-hybridized carbons (Fsp3) is 0.333. The van der Waals surface area contributed by atoms with Crippen molar-refractivity contribution in [3.63, 3.8) is 0 Å².